The fourth-order valence-electron chi connectivity index (χ4n) is 2.82. The number of likely N-dealkylation sites (tertiary alicyclic amines) is 1. The van der Waals surface area contributed by atoms with Gasteiger partial charge in [0.2, 0.25) is 5.91 Å². The Morgan fingerprint density at radius 1 is 1.35 bits per heavy atom. The summed E-state index contributed by atoms with van der Waals surface area (Å²) < 4.78 is 0. The van der Waals surface area contributed by atoms with Crippen molar-refractivity contribution < 1.29 is 4.79 Å². The molecular weight excluding hydrogens is 214 g/mol. The highest BCUT2D eigenvalue weighted by atomic mass is 16.2. The molecule has 0 radical (unpaired) electrons. The number of carbonyl (C=O) groups is 1. The number of rotatable bonds is 4. The molecule has 2 fully saturated rings. The van der Waals surface area contributed by atoms with Crippen LogP contribution in [0.15, 0.2) is 0 Å². The van der Waals surface area contributed by atoms with Gasteiger partial charge in [0, 0.05) is 12.6 Å². The van der Waals surface area contributed by atoms with E-state index in [1.165, 1.54) is 38.8 Å². The Hall–Kier alpha value is -0.610. The van der Waals surface area contributed by atoms with Crippen LogP contribution in [-0.4, -0.2) is 49.1 Å². The average molecular weight is 239 g/mol. The summed E-state index contributed by atoms with van der Waals surface area (Å²) >= 11 is 0. The summed E-state index contributed by atoms with van der Waals surface area (Å²) in [5.74, 6) is 0.191. The molecule has 2 N–H and O–H groups in total. The van der Waals surface area contributed by atoms with Crippen molar-refractivity contribution in [1.82, 2.24) is 15.5 Å². The van der Waals surface area contributed by atoms with Crippen molar-refractivity contribution in [3.05, 3.63) is 0 Å². The predicted molar refractivity (Wildman–Crippen MR) is 68.9 cm³/mol. The first kappa shape index (κ1) is 12.8. The molecule has 17 heavy (non-hydrogen) atoms. The van der Waals surface area contributed by atoms with E-state index in [9.17, 15) is 4.79 Å². The zero-order valence-corrected chi connectivity index (χ0v) is 10.9. The molecule has 0 saturated carbocycles. The van der Waals surface area contributed by atoms with Crippen LogP contribution >= 0.6 is 0 Å². The van der Waals surface area contributed by atoms with Crippen molar-refractivity contribution in [2.45, 2.75) is 51.1 Å². The Bertz CT molecular complexity index is 245. The van der Waals surface area contributed by atoms with Crippen LogP contribution in [0.4, 0.5) is 0 Å². The third-order valence-corrected chi connectivity index (χ3v) is 3.75. The standard InChI is InChI=1S/C13H25N3O/c1-11(10-16-8-4-5-9-16)15-13(17)12-6-2-3-7-14-12/h11-12,14H,2-10H2,1H3,(H,15,17)/t11?,12-/m0/s1. The van der Waals surface area contributed by atoms with Gasteiger partial charge in [0.05, 0.1) is 6.04 Å². The first-order chi connectivity index (χ1) is 8.25. The molecule has 0 aromatic rings. The lowest BCUT2D eigenvalue weighted by Gasteiger charge is -2.26. The van der Waals surface area contributed by atoms with E-state index in [0.29, 0.717) is 0 Å². The lowest BCUT2D eigenvalue weighted by Crippen LogP contribution is -2.51. The number of hydrogen-bond donors (Lipinski definition) is 2. The molecule has 1 unspecified atom stereocenters. The van der Waals surface area contributed by atoms with E-state index in [1.807, 2.05) is 0 Å². The molecule has 0 aromatic heterocycles. The molecule has 4 heteroatoms. The van der Waals surface area contributed by atoms with Gasteiger partial charge in [-0.15, -0.1) is 0 Å². The first-order valence-corrected chi connectivity index (χ1v) is 7.02. The topological polar surface area (TPSA) is 44.4 Å². The summed E-state index contributed by atoms with van der Waals surface area (Å²) in [5.41, 5.74) is 0. The number of carbonyl (C=O) groups excluding carboxylic acids is 1. The Balaban J connectivity index is 1.69. The van der Waals surface area contributed by atoms with Gasteiger partial charge in [0.1, 0.15) is 0 Å². The van der Waals surface area contributed by atoms with Gasteiger partial charge < -0.3 is 15.5 Å². The summed E-state index contributed by atoms with van der Waals surface area (Å²) in [6.07, 6.45) is 5.98. The van der Waals surface area contributed by atoms with E-state index < -0.39 is 0 Å². The second-order valence-corrected chi connectivity index (χ2v) is 5.42. The van der Waals surface area contributed by atoms with Gasteiger partial charge in [0.25, 0.3) is 0 Å². The molecule has 4 nitrogen and oxygen atoms in total. The van der Waals surface area contributed by atoms with Crippen molar-refractivity contribution in [1.29, 1.82) is 0 Å². The van der Waals surface area contributed by atoms with Crippen molar-refractivity contribution >= 4 is 5.91 Å². The summed E-state index contributed by atoms with van der Waals surface area (Å²) in [6, 6.07) is 0.314. The fourth-order valence-corrected chi connectivity index (χ4v) is 2.82. The fraction of sp³-hybridized carbons (Fsp3) is 0.923. The minimum atomic E-state index is 0.0461. The maximum Gasteiger partial charge on any atom is 0.237 e. The highest BCUT2D eigenvalue weighted by molar-refractivity contribution is 5.82. The lowest BCUT2D eigenvalue weighted by molar-refractivity contribution is -0.124. The predicted octanol–water partition coefficient (Wildman–Crippen LogP) is 0.729. The van der Waals surface area contributed by atoms with Gasteiger partial charge in [-0.3, -0.25) is 4.79 Å². The van der Waals surface area contributed by atoms with E-state index in [2.05, 4.69) is 22.5 Å². The third kappa shape index (κ3) is 3.96. The van der Waals surface area contributed by atoms with Crippen LogP contribution in [-0.2, 0) is 4.79 Å². The summed E-state index contributed by atoms with van der Waals surface area (Å²) in [7, 11) is 0. The van der Waals surface area contributed by atoms with Crippen LogP contribution in [0.25, 0.3) is 0 Å². The van der Waals surface area contributed by atoms with Crippen molar-refractivity contribution in [2.24, 2.45) is 0 Å². The van der Waals surface area contributed by atoms with Crippen molar-refractivity contribution in [2.75, 3.05) is 26.2 Å². The van der Waals surface area contributed by atoms with Gasteiger partial charge in [0.15, 0.2) is 0 Å². The maximum absolute atomic E-state index is 12.0. The summed E-state index contributed by atoms with van der Waals surface area (Å²) in [5, 5.41) is 6.43. The summed E-state index contributed by atoms with van der Waals surface area (Å²) in [4.78, 5) is 14.4. The van der Waals surface area contributed by atoms with Gasteiger partial charge in [-0.05, 0) is 52.2 Å². The second-order valence-electron chi connectivity index (χ2n) is 5.42. The molecule has 2 aliphatic heterocycles. The van der Waals surface area contributed by atoms with E-state index in [-0.39, 0.29) is 18.0 Å². The molecule has 2 saturated heterocycles. The van der Waals surface area contributed by atoms with Gasteiger partial charge in [-0.25, -0.2) is 0 Å². The van der Waals surface area contributed by atoms with Gasteiger partial charge in [-0.2, -0.15) is 0 Å². The van der Waals surface area contributed by atoms with Crippen LogP contribution in [0.2, 0.25) is 0 Å². The summed E-state index contributed by atoms with van der Waals surface area (Å²) in [6.45, 7) is 6.49. The van der Waals surface area contributed by atoms with Crippen LogP contribution in [0.5, 0.6) is 0 Å². The molecular formula is C13H25N3O. The molecule has 2 atom stereocenters. The quantitative estimate of drug-likeness (QED) is 0.760. The molecule has 0 bridgehead atoms. The SMILES string of the molecule is CC(CN1CCCC1)NC(=O)[C@@H]1CCCCN1. The lowest BCUT2D eigenvalue weighted by atomic mass is 10.0. The Labute approximate surface area is 104 Å². The Kier molecular flexibility index (Phi) is 4.80. The molecule has 0 aromatic carbocycles. The monoisotopic (exact) mass is 239 g/mol. The molecule has 1 amide bonds. The normalized spacial score (nSPS) is 27.9. The van der Waals surface area contributed by atoms with Gasteiger partial charge in [-0.1, -0.05) is 6.42 Å². The molecule has 0 aliphatic carbocycles. The number of nitrogens with one attached hydrogen (secondary N) is 2. The van der Waals surface area contributed by atoms with E-state index in [4.69, 9.17) is 0 Å². The van der Waals surface area contributed by atoms with E-state index in [1.54, 1.807) is 0 Å². The van der Waals surface area contributed by atoms with Crippen LogP contribution < -0.4 is 10.6 Å². The zero-order chi connectivity index (χ0) is 12.1. The molecule has 98 valence electrons. The molecule has 2 aliphatic rings. The van der Waals surface area contributed by atoms with Gasteiger partial charge >= 0.3 is 0 Å². The minimum absolute atomic E-state index is 0.0461. The molecule has 2 heterocycles. The van der Waals surface area contributed by atoms with Crippen molar-refractivity contribution in [3.63, 3.8) is 0 Å². The first-order valence-electron chi connectivity index (χ1n) is 7.02. The van der Waals surface area contributed by atoms with E-state index in [0.717, 1.165) is 19.5 Å². The second kappa shape index (κ2) is 6.36. The molecule has 2 rings (SSSR count). The van der Waals surface area contributed by atoms with Crippen LogP contribution in [0.1, 0.15) is 39.0 Å². The maximum atomic E-state index is 12.0. The highest BCUT2D eigenvalue weighted by Gasteiger charge is 2.22. The Morgan fingerprint density at radius 2 is 2.12 bits per heavy atom. The number of piperidine rings is 1. The number of hydrogen-bond acceptors (Lipinski definition) is 3. The Morgan fingerprint density at radius 3 is 2.76 bits per heavy atom. The van der Waals surface area contributed by atoms with Crippen LogP contribution in [0, 0.1) is 0 Å². The zero-order valence-electron chi connectivity index (χ0n) is 10.9. The molecule has 0 spiro atoms. The minimum Gasteiger partial charge on any atom is -0.351 e. The van der Waals surface area contributed by atoms with Crippen molar-refractivity contribution in [3.8, 4) is 0 Å². The largest absolute Gasteiger partial charge is 0.351 e. The third-order valence-electron chi connectivity index (χ3n) is 3.75. The average Bonchev–Trinajstić information content (AvgIpc) is 2.82. The highest BCUT2D eigenvalue weighted by Crippen LogP contribution is 2.09. The van der Waals surface area contributed by atoms with Crippen LogP contribution in [0.3, 0.4) is 0 Å². The smallest absolute Gasteiger partial charge is 0.237 e. The number of amides is 1. The number of nitrogens with zero attached hydrogens (tertiary/aromatic N) is 1. The van der Waals surface area contributed by atoms with E-state index >= 15 is 0 Å².